The maximum Gasteiger partial charge on any atom is 0.234 e. The largest absolute Gasteiger partial charge is 0.368 e. The molecule has 0 aromatic rings. The number of primary amides is 1. The molecule has 4 heteroatoms. The minimum Gasteiger partial charge on any atom is -0.368 e. The molecule has 0 saturated heterocycles. The van der Waals surface area contributed by atoms with E-state index < -0.39 is 11.9 Å². The Morgan fingerprint density at radius 2 is 2.25 bits per heavy atom. The number of carbonyl (C=O) groups excluding carboxylic acids is 2. The van der Waals surface area contributed by atoms with E-state index in [4.69, 9.17) is 11.5 Å². The van der Waals surface area contributed by atoms with Gasteiger partial charge in [0.05, 0.1) is 6.04 Å². The van der Waals surface area contributed by atoms with Gasteiger partial charge in [0.15, 0.2) is 0 Å². The first-order chi connectivity index (χ1) is 3.68. The summed E-state index contributed by atoms with van der Waals surface area (Å²) in [5.41, 5.74) is 9.72. The number of carbonyl (C=O) groups is 2. The summed E-state index contributed by atoms with van der Waals surface area (Å²) in [5.74, 6) is -0.642. The quantitative estimate of drug-likeness (QED) is 0.435. The molecule has 0 unspecified atom stereocenters. The summed E-state index contributed by atoms with van der Waals surface area (Å²) in [7, 11) is 0. The molecule has 0 heterocycles. The Hall–Kier alpha value is -0.900. The van der Waals surface area contributed by atoms with Crippen LogP contribution in [0, 0.1) is 0 Å². The van der Waals surface area contributed by atoms with E-state index in [2.05, 4.69) is 0 Å². The normalized spacial score (nSPS) is 12.6. The lowest BCUT2D eigenvalue weighted by Crippen LogP contribution is -2.36. The predicted molar refractivity (Wildman–Crippen MR) is 27.9 cm³/mol. The molecule has 4 nitrogen and oxygen atoms in total. The highest BCUT2D eigenvalue weighted by Crippen LogP contribution is 1.78. The lowest BCUT2D eigenvalue weighted by Gasteiger charge is -1.98. The van der Waals surface area contributed by atoms with Gasteiger partial charge in [-0.1, -0.05) is 0 Å². The van der Waals surface area contributed by atoms with E-state index in [-0.39, 0.29) is 6.42 Å². The Morgan fingerprint density at radius 1 is 1.75 bits per heavy atom. The Morgan fingerprint density at radius 3 is 2.38 bits per heavy atom. The molecule has 0 aliphatic rings. The number of hydrogen-bond acceptors (Lipinski definition) is 3. The number of nitrogens with two attached hydrogens (primary N) is 2. The molecule has 0 aromatic heterocycles. The van der Waals surface area contributed by atoms with Gasteiger partial charge < -0.3 is 16.3 Å². The van der Waals surface area contributed by atoms with E-state index in [1.165, 1.54) is 0 Å². The van der Waals surface area contributed by atoms with Crippen LogP contribution < -0.4 is 11.5 Å². The van der Waals surface area contributed by atoms with Crippen molar-refractivity contribution < 1.29 is 9.59 Å². The van der Waals surface area contributed by atoms with Gasteiger partial charge in [-0.05, 0) is 0 Å². The molecule has 46 valence electrons. The van der Waals surface area contributed by atoms with Gasteiger partial charge in [0.25, 0.3) is 0 Å². The highest BCUT2D eigenvalue weighted by molar-refractivity contribution is 5.82. The van der Waals surface area contributed by atoms with Gasteiger partial charge in [-0.15, -0.1) is 0 Å². The third-order valence-electron chi connectivity index (χ3n) is 0.716. The third kappa shape index (κ3) is 2.30. The average molecular weight is 116 g/mol. The molecule has 4 N–H and O–H groups in total. The maximum absolute atomic E-state index is 10.0. The smallest absolute Gasteiger partial charge is 0.234 e. The predicted octanol–water partition coefficient (Wildman–Crippen LogP) is -1.61. The monoisotopic (exact) mass is 116 g/mol. The van der Waals surface area contributed by atoms with E-state index in [1.807, 2.05) is 0 Å². The van der Waals surface area contributed by atoms with Gasteiger partial charge >= 0.3 is 0 Å². The summed E-state index contributed by atoms with van der Waals surface area (Å²) in [4.78, 5) is 19.7. The Labute approximate surface area is 46.8 Å². The molecular formula is C4H8N2O2. The highest BCUT2D eigenvalue weighted by atomic mass is 16.1. The standard InChI is InChI=1S/C4H8N2O2/c5-3(1-2-7)4(6)8/h2-3H,1,5H2,(H2,6,8)/t3-/m0/s1. The molecule has 0 aliphatic carbocycles. The first-order valence-electron chi connectivity index (χ1n) is 2.17. The van der Waals surface area contributed by atoms with E-state index >= 15 is 0 Å². The Bertz CT molecular complexity index is 102. The molecule has 0 aliphatic heterocycles. The zero-order valence-corrected chi connectivity index (χ0v) is 4.33. The van der Waals surface area contributed by atoms with E-state index in [0.717, 1.165) is 0 Å². The van der Waals surface area contributed by atoms with Crippen LogP contribution in [-0.4, -0.2) is 18.2 Å². The second-order valence-corrected chi connectivity index (χ2v) is 1.41. The minimum absolute atomic E-state index is 0.00926. The molecule has 8 heavy (non-hydrogen) atoms. The van der Waals surface area contributed by atoms with Crippen molar-refractivity contribution in [3.05, 3.63) is 0 Å². The minimum atomic E-state index is -0.813. The Balaban J connectivity index is 3.46. The van der Waals surface area contributed by atoms with Crippen LogP contribution in [0.4, 0.5) is 0 Å². The molecule has 0 bridgehead atoms. The van der Waals surface area contributed by atoms with Gasteiger partial charge in [0.1, 0.15) is 6.29 Å². The van der Waals surface area contributed by atoms with Crippen LogP contribution in [0.2, 0.25) is 0 Å². The molecule has 1 atom stereocenters. The van der Waals surface area contributed by atoms with Gasteiger partial charge in [-0.2, -0.15) is 0 Å². The van der Waals surface area contributed by atoms with Gasteiger partial charge in [0.2, 0.25) is 5.91 Å². The topological polar surface area (TPSA) is 86.2 Å². The summed E-state index contributed by atoms with van der Waals surface area (Å²) in [6.45, 7) is 0. The van der Waals surface area contributed by atoms with Crippen molar-refractivity contribution in [1.29, 1.82) is 0 Å². The number of amides is 1. The van der Waals surface area contributed by atoms with E-state index in [0.29, 0.717) is 6.29 Å². The fourth-order valence-electron chi connectivity index (χ4n) is 0.220. The summed E-state index contributed by atoms with van der Waals surface area (Å²) >= 11 is 0. The molecule has 0 spiro atoms. The lowest BCUT2D eigenvalue weighted by molar-refractivity contribution is -0.121. The molecular weight excluding hydrogens is 108 g/mol. The van der Waals surface area contributed by atoms with Crippen molar-refractivity contribution in [2.75, 3.05) is 0 Å². The fourth-order valence-corrected chi connectivity index (χ4v) is 0.220. The third-order valence-corrected chi connectivity index (χ3v) is 0.716. The fraction of sp³-hybridized carbons (Fsp3) is 0.500. The zero-order valence-electron chi connectivity index (χ0n) is 4.33. The van der Waals surface area contributed by atoms with Crippen molar-refractivity contribution in [1.82, 2.24) is 0 Å². The summed E-state index contributed by atoms with van der Waals surface area (Å²) < 4.78 is 0. The molecule has 0 radical (unpaired) electrons. The molecule has 1 amide bonds. The van der Waals surface area contributed by atoms with Crippen molar-refractivity contribution in [2.45, 2.75) is 12.5 Å². The molecule has 0 fully saturated rings. The zero-order chi connectivity index (χ0) is 6.57. The van der Waals surface area contributed by atoms with Crippen molar-refractivity contribution in [3.63, 3.8) is 0 Å². The second-order valence-electron chi connectivity index (χ2n) is 1.41. The lowest BCUT2D eigenvalue weighted by atomic mass is 10.2. The summed E-state index contributed by atoms with van der Waals surface area (Å²) in [6.07, 6.45) is 0.574. The van der Waals surface area contributed by atoms with E-state index in [9.17, 15) is 9.59 Å². The van der Waals surface area contributed by atoms with Crippen LogP contribution >= 0.6 is 0 Å². The maximum atomic E-state index is 10.0. The SMILES string of the molecule is NC(=O)[C@@H](N)CC=O. The number of rotatable bonds is 3. The first kappa shape index (κ1) is 7.10. The van der Waals surface area contributed by atoms with Crippen molar-refractivity contribution in [3.8, 4) is 0 Å². The van der Waals surface area contributed by atoms with Crippen LogP contribution in [-0.2, 0) is 9.59 Å². The summed E-state index contributed by atoms with van der Waals surface area (Å²) in [5, 5.41) is 0. The van der Waals surface area contributed by atoms with Crippen molar-refractivity contribution >= 4 is 12.2 Å². The van der Waals surface area contributed by atoms with Crippen LogP contribution in [0.5, 0.6) is 0 Å². The summed E-state index contributed by atoms with van der Waals surface area (Å²) in [6, 6.07) is -0.813. The molecule has 0 rings (SSSR count). The Kier molecular flexibility index (Phi) is 2.79. The second kappa shape index (κ2) is 3.15. The van der Waals surface area contributed by atoms with Crippen LogP contribution in [0.1, 0.15) is 6.42 Å². The van der Waals surface area contributed by atoms with Gasteiger partial charge in [-0.25, -0.2) is 0 Å². The molecule has 0 saturated carbocycles. The average Bonchev–Trinajstić information content (AvgIpc) is 1.67. The van der Waals surface area contributed by atoms with Gasteiger partial charge in [-0.3, -0.25) is 4.79 Å². The highest BCUT2D eigenvalue weighted by Gasteiger charge is 2.05. The van der Waals surface area contributed by atoms with Crippen molar-refractivity contribution in [2.24, 2.45) is 11.5 Å². The van der Waals surface area contributed by atoms with E-state index in [1.54, 1.807) is 0 Å². The first-order valence-corrected chi connectivity index (χ1v) is 2.17. The number of aldehydes is 1. The van der Waals surface area contributed by atoms with Crippen LogP contribution in [0.3, 0.4) is 0 Å². The van der Waals surface area contributed by atoms with Crippen LogP contribution in [0.15, 0.2) is 0 Å². The van der Waals surface area contributed by atoms with Crippen LogP contribution in [0.25, 0.3) is 0 Å². The molecule has 0 aromatic carbocycles. The number of hydrogen-bond donors (Lipinski definition) is 2. The van der Waals surface area contributed by atoms with Gasteiger partial charge in [0, 0.05) is 6.42 Å².